The van der Waals surface area contributed by atoms with Crippen LogP contribution < -0.4 is 5.32 Å². The molecule has 0 radical (unpaired) electrons. The Morgan fingerprint density at radius 1 is 1.00 bits per heavy atom. The average Bonchev–Trinajstić information content (AvgIpc) is 2.35. The van der Waals surface area contributed by atoms with E-state index in [1.165, 1.54) is 45.3 Å². The number of nitrogens with one attached hydrogen (secondary N) is 1. The van der Waals surface area contributed by atoms with Crippen molar-refractivity contribution < 1.29 is 0 Å². The van der Waals surface area contributed by atoms with Crippen molar-refractivity contribution >= 4 is 0 Å². The summed E-state index contributed by atoms with van der Waals surface area (Å²) >= 11 is 0. The predicted octanol–water partition coefficient (Wildman–Crippen LogP) is 4.16. The van der Waals surface area contributed by atoms with Crippen LogP contribution in [0.25, 0.3) is 0 Å². The first-order chi connectivity index (χ1) is 9.38. The van der Waals surface area contributed by atoms with Crippen molar-refractivity contribution in [1.82, 2.24) is 10.2 Å². The van der Waals surface area contributed by atoms with Gasteiger partial charge in [0, 0.05) is 18.6 Å². The molecule has 1 rings (SSSR count). The Kier molecular flexibility index (Phi) is 8.13. The largest absolute Gasteiger partial charge is 0.314 e. The highest BCUT2D eigenvalue weighted by Crippen LogP contribution is 2.25. The van der Waals surface area contributed by atoms with Crippen molar-refractivity contribution in [3.63, 3.8) is 0 Å². The zero-order chi connectivity index (χ0) is 15.1. The number of hydrogen-bond acceptors (Lipinski definition) is 2. The zero-order valence-electron chi connectivity index (χ0n) is 14.8. The summed E-state index contributed by atoms with van der Waals surface area (Å²) in [6.45, 7) is 17.8. The molecule has 0 aromatic heterocycles. The van der Waals surface area contributed by atoms with E-state index in [0.717, 1.165) is 23.8 Å². The van der Waals surface area contributed by atoms with Gasteiger partial charge in [0.2, 0.25) is 0 Å². The molecule has 0 aromatic rings. The molecule has 2 nitrogen and oxygen atoms in total. The lowest BCUT2D eigenvalue weighted by Crippen LogP contribution is -2.46. The second kappa shape index (κ2) is 9.04. The molecule has 0 spiro atoms. The molecule has 20 heavy (non-hydrogen) atoms. The number of nitrogens with zero attached hydrogens (tertiary/aromatic N) is 1. The standard InChI is InChI=1S/C18H38N2/c1-14(2)10-18(11-15(3)4)20-9-7-8-17(13-20)12-19-16(5)6/h14-19H,7-13H2,1-6H3. The van der Waals surface area contributed by atoms with Crippen molar-refractivity contribution in [2.24, 2.45) is 17.8 Å². The molecule has 0 aliphatic carbocycles. The molecule has 1 fully saturated rings. The quantitative estimate of drug-likeness (QED) is 0.719. The van der Waals surface area contributed by atoms with E-state index in [1.54, 1.807) is 0 Å². The molecule has 2 heteroatoms. The molecule has 0 amide bonds. The van der Waals surface area contributed by atoms with E-state index in [4.69, 9.17) is 0 Å². The van der Waals surface area contributed by atoms with Gasteiger partial charge in [0.05, 0.1) is 0 Å². The summed E-state index contributed by atoms with van der Waals surface area (Å²) in [5.74, 6) is 2.48. The van der Waals surface area contributed by atoms with Crippen LogP contribution in [0.1, 0.15) is 67.2 Å². The monoisotopic (exact) mass is 282 g/mol. The lowest BCUT2D eigenvalue weighted by atomic mass is 9.90. The third-order valence-electron chi connectivity index (χ3n) is 4.37. The van der Waals surface area contributed by atoms with Crippen LogP contribution in [0, 0.1) is 17.8 Å². The minimum atomic E-state index is 0.618. The van der Waals surface area contributed by atoms with Crippen LogP contribution in [-0.4, -0.2) is 36.6 Å². The third kappa shape index (κ3) is 7.08. The third-order valence-corrected chi connectivity index (χ3v) is 4.37. The van der Waals surface area contributed by atoms with Crippen molar-refractivity contribution in [2.75, 3.05) is 19.6 Å². The number of rotatable bonds is 8. The molecule has 1 atom stereocenters. The summed E-state index contributed by atoms with van der Waals surface area (Å²) < 4.78 is 0. The van der Waals surface area contributed by atoms with Gasteiger partial charge in [0.15, 0.2) is 0 Å². The number of hydrogen-bond donors (Lipinski definition) is 1. The van der Waals surface area contributed by atoms with Gasteiger partial charge in [-0.2, -0.15) is 0 Å². The van der Waals surface area contributed by atoms with Crippen molar-refractivity contribution in [3.8, 4) is 0 Å². The number of likely N-dealkylation sites (tertiary alicyclic amines) is 1. The van der Waals surface area contributed by atoms with Crippen LogP contribution in [0.5, 0.6) is 0 Å². The fraction of sp³-hybridized carbons (Fsp3) is 1.00. The Bertz CT molecular complexity index is 238. The van der Waals surface area contributed by atoms with Gasteiger partial charge in [0.1, 0.15) is 0 Å². The summed E-state index contributed by atoms with van der Waals surface area (Å²) in [5, 5.41) is 3.63. The highest BCUT2D eigenvalue weighted by Gasteiger charge is 2.26. The maximum Gasteiger partial charge on any atom is 0.0100 e. The topological polar surface area (TPSA) is 15.3 Å². The van der Waals surface area contributed by atoms with Crippen LogP contribution in [0.3, 0.4) is 0 Å². The summed E-state index contributed by atoms with van der Waals surface area (Å²) in [4.78, 5) is 2.80. The molecule has 0 aromatic carbocycles. The van der Waals surface area contributed by atoms with Crippen molar-refractivity contribution in [3.05, 3.63) is 0 Å². The van der Waals surface area contributed by atoms with Crippen molar-refractivity contribution in [2.45, 2.75) is 79.3 Å². The van der Waals surface area contributed by atoms with E-state index < -0.39 is 0 Å². The second-order valence-electron chi connectivity index (χ2n) is 7.98. The maximum atomic E-state index is 3.63. The van der Waals surface area contributed by atoms with E-state index in [9.17, 15) is 0 Å². The minimum absolute atomic E-state index is 0.618. The smallest absolute Gasteiger partial charge is 0.0100 e. The molecular formula is C18H38N2. The highest BCUT2D eigenvalue weighted by atomic mass is 15.2. The molecule has 1 N–H and O–H groups in total. The lowest BCUT2D eigenvalue weighted by Gasteiger charge is -2.40. The van der Waals surface area contributed by atoms with Crippen LogP contribution in [0.15, 0.2) is 0 Å². The first kappa shape index (κ1) is 18.0. The van der Waals surface area contributed by atoms with Crippen LogP contribution in [0.4, 0.5) is 0 Å². The van der Waals surface area contributed by atoms with Crippen LogP contribution in [-0.2, 0) is 0 Å². The van der Waals surface area contributed by atoms with Crippen LogP contribution in [0.2, 0.25) is 0 Å². The van der Waals surface area contributed by atoms with Gasteiger partial charge in [-0.1, -0.05) is 41.5 Å². The molecule has 0 saturated carbocycles. The van der Waals surface area contributed by atoms with E-state index in [0.29, 0.717) is 6.04 Å². The minimum Gasteiger partial charge on any atom is -0.314 e. The van der Waals surface area contributed by atoms with Crippen molar-refractivity contribution in [1.29, 1.82) is 0 Å². The Balaban J connectivity index is 2.51. The first-order valence-corrected chi connectivity index (χ1v) is 8.85. The zero-order valence-corrected chi connectivity index (χ0v) is 14.8. The predicted molar refractivity (Wildman–Crippen MR) is 90.1 cm³/mol. The SMILES string of the molecule is CC(C)CC(CC(C)C)N1CCCC(CNC(C)C)C1. The van der Waals surface area contributed by atoms with Gasteiger partial charge >= 0.3 is 0 Å². The van der Waals surface area contributed by atoms with Gasteiger partial charge in [0.25, 0.3) is 0 Å². The van der Waals surface area contributed by atoms with Gasteiger partial charge in [-0.25, -0.2) is 0 Å². The Labute approximate surface area is 127 Å². The van der Waals surface area contributed by atoms with Gasteiger partial charge < -0.3 is 10.2 Å². The Morgan fingerprint density at radius 2 is 1.60 bits per heavy atom. The summed E-state index contributed by atoms with van der Waals surface area (Å²) in [6.07, 6.45) is 5.52. The van der Waals surface area contributed by atoms with E-state index >= 15 is 0 Å². The lowest BCUT2D eigenvalue weighted by molar-refractivity contribution is 0.0947. The van der Waals surface area contributed by atoms with Crippen LogP contribution >= 0.6 is 0 Å². The fourth-order valence-electron chi connectivity index (χ4n) is 3.48. The molecule has 1 aliphatic rings. The molecule has 0 bridgehead atoms. The molecule has 120 valence electrons. The van der Waals surface area contributed by atoms with Gasteiger partial charge in [-0.05, 0) is 56.5 Å². The molecule has 1 unspecified atom stereocenters. The van der Waals surface area contributed by atoms with E-state index in [2.05, 4.69) is 51.8 Å². The van der Waals surface area contributed by atoms with E-state index in [1.807, 2.05) is 0 Å². The first-order valence-electron chi connectivity index (χ1n) is 8.85. The highest BCUT2D eigenvalue weighted by molar-refractivity contribution is 4.82. The second-order valence-corrected chi connectivity index (χ2v) is 7.98. The molecule has 1 heterocycles. The Hall–Kier alpha value is -0.0800. The summed E-state index contributed by atoms with van der Waals surface area (Å²) in [5.41, 5.74) is 0. The summed E-state index contributed by atoms with van der Waals surface area (Å²) in [7, 11) is 0. The summed E-state index contributed by atoms with van der Waals surface area (Å²) in [6, 6.07) is 1.42. The van der Waals surface area contributed by atoms with Gasteiger partial charge in [-0.15, -0.1) is 0 Å². The maximum absolute atomic E-state index is 3.63. The number of piperidine rings is 1. The van der Waals surface area contributed by atoms with E-state index in [-0.39, 0.29) is 0 Å². The molecule has 1 saturated heterocycles. The Morgan fingerprint density at radius 3 is 2.10 bits per heavy atom. The normalized spacial score (nSPS) is 21.6. The molecular weight excluding hydrogens is 244 g/mol. The molecule has 1 aliphatic heterocycles. The van der Waals surface area contributed by atoms with Gasteiger partial charge in [-0.3, -0.25) is 0 Å². The fourth-order valence-corrected chi connectivity index (χ4v) is 3.48. The average molecular weight is 283 g/mol.